The second-order valence-corrected chi connectivity index (χ2v) is 9.23. The van der Waals surface area contributed by atoms with E-state index < -0.39 is 27.6 Å². The Balaban J connectivity index is 1.54. The Morgan fingerprint density at radius 2 is 1.32 bits per heavy atom. The van der Waals surface area contributed by atoms with Gasteiger partial charge in [-0.3, -0.25) is 4.72 Å². The molecule has 2 N–H and O–H groups in total. The lowest BCUT2D eigenvalue weighted by Crippen LogP contribution is -2.15. The van der Waals surface area contributed by atoms with Gasteiger partial charge in [0, 0.05) is 12.1 Å². The lowest BCUT2D eigenvalue weighted by molar-refractivity contribution is 0.0697. The molecule has 0 radical (unpaired) electrons. The van der Waals surface area contributed by atoms with E-state index in [0.29, 0.717) is 5.75 Å². The summed E-state index contributed by atoms with van der Waals surface area (Å²) in [6, 6.07) is 18.7. The van der Waals surface area contributed by atoms with Gasteiger partial charge in [-0.2, -0.15) is 0 Å². The average Bonchev–Trinajstić information content (AvgIpc) is 2.87. The van der Waals surface area contributed by atoms with Crippen molar-refractivity contribution in [1.29, 1.82) is 0 Å². The maximum atomic E-state index is 13.4. The van der Waals surface area contributed by atoms with Crippen LogP contribution in [0.15, 0.2) is 89.8 Å². The second kappa shape index (κ2) is 10.5. The highest BCUT2D eigenvalue weighted by molar-refractivity contribution is 7.92. The average molecular weight is 528 g/mol. The van der Waals surface area contributed by atoms with Gasteiger partial charge >= 0.3 is 5.97 Å². The highest BCUT2D eigenvalue weighted by atomic mass is 32.2. The van der Waals surface area contributed by atoms with E-state index in [4.69, 9.17) is 14.2 Å². The molecule has 37 heavy (non-hydrogen) atoms. The van der Waals surface area contributed by atoms with Gasteiger partial charge in [-0.25, -0.2) is 22.0 Å². The van der Waals surface area contributed by atoms with Crippen molar-refractivity contribution in [3.05, 3.63) is 102 Å². The number of carboxylic acid groups (broad SMARTS) is 1. The molecule has 0 fully saturated rings. The predicted octanol–water partition coefficient (Wildman–Crippen LogP) is 6.06. The predicted molar refractivity (Wildman–Crippen MR) is 130 cm³/mol. The number of nitrogens with one attached hydrogen (secondary N) is 1. The summed E-state index contributed by atoms with van der Waals surface area (Å²) >= 11 is 0. The number of rotatable bonds is 9. The molecule has 0 bridgehead atoms. The van der Waals surface area contributed by atoms with Crippen molar-refractivity contribution >= 4 is 21.7 Å². The van der Waals surface area contributed by atoms with E-state index in [0.717, 1.165) is 18.2 Å². The van der Waals surface area contributed by atoms with Crippen molar-refractivity contribution in [3.63, 3.8) is 0 Å². The van der Waals surface area contributed by atoms with Crippen LogP contribution in [0.2, 0.25) is 0 Å². The quantitative estimate of drug-likeness (QED) is 0.272. The summed E-state index contributed by atoms with van der Waals surface area (Å²) in [5.74, 6) is -2.30. The molecular weight excluding hydrogens is 508 g/mol. The highest BCUT2D eigenvalue weighted by Gasteiger charge is 2.20. The number of ether oxygens (including phenoxy) is 3. The maximum Gasteiger partial charge on any atom is 0.337 e. The molecule has 0 atom stereocenters. The molecule has 0 unspecified atom stereocenters. The van der Waals surface area contributed by atoms with Gasteiger partial charge in [0.05, 0.1) is 23.3 Å². The minimum atomic E-state index is -4.08. The topological polar surface area (TPSA) is 111 Å². The highest BCUT2D eigenvalue weighted by Crippen LogP contribution is 2.31. The molecule has 0 aliphatic heterocycles. The van der Waals surface area contributed by atoms with Gasteiger partial charge in [-0.1, -0.05) is 6.07 Å². The first-order chi connectivity index (χ1) is 17.6. The van der Waals surface area contributed by atoms with Gasteiger partial charge in [0.25, 0.3) is 10.0 Å². The molecule has 190 valence electrons. The van der Waals surface area contributed by atoms with Gasteiger partial charge in [0.1, 0.15) is 28.7 Å². The molecule has 0 heterocycles. The summed E-state index contributed by atoms with van der Waals surface area (Å²) < 4.78 is 70.6. The third kappa shape index (κ3) is 6.14. The molecule has 0 saturated carbocycles. The lowest BCUT2D eigenvalue weighted by Gasteiger charge is -2.13. The van der Waals surface area contributed by atoms with Crippen LogP contribution in [0.5, 0.6) is 28.7 Å². The van der Waals surface area contributed by atoms with Gasteiger partial charge in [-0.05, 0) is 66.7 Å². The van der Waals surface area contributed by atoms with Gasteiger partial charge in [-0.15, -0.1) is 0 Å². The molecule has 0 aliphatic rings. The normalized spacial score (nSPS) is 11.0. The third-order valence-electron chi connectivity index (χ3n) is 5.00. The second-order valence-electron chi connectivity index (χ2n) is 7.55. The van der Waals surface area contributed by atoms with Crippen LogP contribution < -0.4 is 18.9 Å². The summed E-state index contributed by atoms with van der Waals surface area (Å²) in [5.41, 5.74) is -0.505. The van der Waals surface area contributed by atoms with E-state index in [1.165, 1.54) is 55.6 Å². The SMILES string of the molecule is COc1ccc(S(=O)(=O)Nc2ccc(Oc3cccc(Oc4ccc(F)c(F)c4)c3)cc2C(=O)O)cc1. The molecule has 0 amide bonds. The first kappa shape index (κ1) is 25.5. The zero-order valence-corrected chi connectivity index (χ0v) is 20.0. The van der Waals surface area contributed by atoms with Crippen LogP contribution in [-0.2, 0) is 10.0 Å². The lowest BCUT2D eigenvalue weighted by atomic mass is 10.2. The number of sulfonamides is 1. The van der Waals surface area contributed by atoms with E-state index in [1.807, 2.05) is 0 Å². The fourth-order valence-corrected chi connectivity index (χ4v) is 4.30. The number of methoxy groups -OCH3 is 1. The summed E-state index contributed by atoms with van der Waals surface area (Å²) in [6.07, 6.45) is 0. The van der Waals surface area contributed by atoms with Crippen molar-refractivity contribution in [2.75, 3.05) is 11.8 Å². The van der Waals surface area contributed by atoms with Crippen LogP contribution in [0.25, 0.3) is 0 Å². The number of carboxylic acids is 1. The number of halogens is 2. The number of benzene rings is 4. The van der Waals surface area contributed by atoms with Crippen LogP contribution in [0.3, 0.4) is 0 Å². The zero-order valence-electron chi connectivity index (χ0n) is 19.1. The molecule has 11 heteroatoms. The Kier molecular flexibility index (Phi) is 7.25. The molecule has 0 spiro atoms. The number of anilines is 1. The Hall–Kier alpha value is -4.64. The molecule has 4 aromatic rings. The first-order valence-electron chi connectivity index (χ1n) is 10.6. The van der Waals surface area contributed by atoms with Crippen LogP contribution >= 0.6 is 0 Å². The third-order valence-corrected chi connectivity index (χ3v) is 6.38. The van der Waals surface area contributed by atoms with Crippen molar-refractivity contribution in [2.45, 2.75) is 4.90 Å². The number of aromatic carboxylic acids is 1. The molecule has 4 aromatic carbocycles. The minimum absolute atomic E-state index is 0.0673. The number of hydrogen-bond acceptors (Lipinski definition) is 6. The van der Waals surface area contributed by atoms with Gasteiger partial charge in [0.15, 0.2) is 11.6 Å². The Morgan fingerprint density at radius 1 is 0.757 bits per heavy atom. The van der Waals surface area contributed by atoms with Crippen LogP contribution in [-0.4, -0.2) is 26.6 Å². The fourth-order valence-electron chi connectivity index (χ4n) is 3.23. The van der Waals surface area contributed by atoms with E-state index in [-0.39, 0.29) is 39.1 Å². The van der Waals surface area contributed by atoms with Crippen molar-refractivity contribution in [1.82, 2.24) is 0 Å². The smallest absolute Gasteiger partial charge is 0.337 e. The van der Waals surface area contributed by atoms with Gasteiger partial charge < -0.3 is 19.3 Å². The van der Waals surface area contributed by atoms with Crippen LogP contribution in [0.1, 0.15) is 10.4 Å². The standard InChI is InChI=1S/C26H19F2NO7S/c1-34-16-5-9-21(10-6-16)37(32,33)29-25-12-8-19(14-22(25)26(30)31)35-17-3-2-4-18(13-17)36-20-7-11-23(27)24(28)15-20/h2-15,29H,1H3,(H,30,31). The van der Waals surface area contributed by atoms with Crippen LogP contribution in [0, 0.1) is 11.6 Å². The molecule has 4 rings (SSSR count). The minimum Gasteiger partial charge on any atom is -0.497 e. The van der Waals surface area contributed by atoms with E-state index in [2.05, 4.69) is 4.72 Å². The number of carbonyl (C=O) groups is 1. The summed E-state index contributed by atoms with van der Waals surface area (Å²) in [7, 11) is -2.64. The van der Waals surface area contributed by atoms with E-state index >= 15 is 0 Å². The first-order valence-corrected chi connectivity index (χ1v) is 12.1. The largest absolute Gasteiger partial charge is 0.497 e. The van der Waals surface area contributed by atoms with Crippen molar-refractivity contribution in [2.24, 2.45) is 0 Å². The summed E-state index contributed by atoms with van der Waals surface area (Å²) in [6.45, 7) is 0. The summed E-state index contributed by atoms with van der Waals surface area (Å²) in [4.78, 5) is 11.8. The molecular formula is C26H19F2NO7S. The Bertz CT molecular complexity index is 1560. The summed E-state index contributed by atoms with van der Waals surface area (Å²) in [5, 5.41) is 9.66. The zero-order chi connectivity index (χ0) is 26.6. The van der Waals surface area contributed by atoms with Crippen LogP contribution in [0.4, 0.5) is 14.5 Å². The molecule has 0 aliphatic carbocycles. The fraction of sp³-hybridized carbons (Fsp3) is 0.0385. The van der Waals surface area contributed by atoms with Gasteiger partial charge in [0.2, 0.25) is 0 Å². The van der Waals surface area contributed by atoms with E-state index in [9.17, 15) is 27.1 Å². The molecule has 0 aromatic heterocycles. The van der Waals surface area contributed by atoms with Crippen molar-refractivity contribution in [3.8, 4) is 28.7 Å². The Labute approximate surface area is 210 Å². The maximum absolute atomic E-state index is 13.4. The van der Waals surface area contributed by atoms with Crippen molar-refractivity contribution < 1.29 is 41.3 Å². The Morgan fingerprint density at radius 3 is 1.92 bits per heavy atom. The van der Waals surface area contributed by atoms with E-state index in [1.54, 1.807) is 18.2 Å². The molecule has 0 saturated heterocycles. The number of hydrogen-bond donors (Lipinski definition) is 2. The monoisotopic (exact) mass is 527 g/mol. The molecule has 8 nitrogen and oxygen atoms in total.